The van der Waals surface area contributed by atoms with E-state index >= 15 is 0 Å². The van der Waals surface area contributed by atoms with Crippen molar-refractivity contribution in [1.82, 2.24) is 30.3 Å². The van der Waals surface area contributed by atoms with Crippen LogP contribution in [0.4, 0.5) is 0 Å². The van der Waals surface area contributed by atoms with Crippen LogP contribution in [-0.4, -0.2) is 58.4 Å². The number of aliphatic imine (C=N–C) groups is 1. The first kappa shape index (κ1) is 21.1. The maximum atomic E-state index is 5.23. The van der Waals surface area contributed by atoms with Crippen LogP contribution in [0.2, 0.25) is 0 Å². The quantitative estimate of drug-likeness (QED) is 0.521. The van der Waals surface area contributed by atoms with Gasteiger partial charge in [0.2, 0.25) is 0 Å². The van der Waals surface area contributed by atoms with Crippen LogP contribution in [0.3, 0.4) is 0 Å². The zero-order valence-electron chi connectivity index (χ0n) is 18.0. The van der Waals surface area contributed by atoms with E-state index in [1.54, 1.807) is 7.11 Å². The highest BCUT2D eigenvalue weighted by atomic mass is 16.5. The van der Waals surface area contributed by atoms with Crippen molar-refractivity contribution in [2.24, 2.45) is 12.0 Å². The number of methoxy groups -OCH3 is 1. The minimum absolute atomic E-state index is 0.560. The van der Waals surface area contributed by atoms with Gasteiger partial charge in [0.1, 0.15) is 11.6 Å². The van der Waals surface area contributed by atoms with E-state index < -0.39 is 0 Å². The van der Waals surface area contributed by atoms with Gasteiger partial charge in [-0.15, -0.1) is 10.2 Å². The molecule has 1 fully saturated rings. The number of guanidine groups is 1. The van der Waals surface area contributed by atoms with E-state index in [4.69, 9.17) is 9.73 Å². The van der Waals surface area contributed by atoms with Gasteiger partial charge >= 0.3 is 0 Å². The zero-order valence-corrected chi connectivity index (χ0v) is 18.0. The van der Waals surface area contributed by atoms with Crippen LogP contribution in [0.1, 0.15) is 37.0 Å². The third kappa shape index (κ3) is 5.69. The van der Waals surface area contributed by atoms with E-state index in [1.165, 1.54) is 19.4 Å². The number of aryl methyl sites for hydroxylation is 1. The van der Waals surface area contributed by atoms with E-state index in [-0.39, 0.29) is 0 Å². The molecule has 8 heteroatoms. The number of aromatic nitrogens is 3. The predicted molar refractivity (Wildman–Crippen MR) is 115 cm³/mol. The molecule has 0 amide bonds. The van der Waals surface area contributed by atoms with E-state index in [2.05, 4.69) is 32.7 Å². The average Bonchev–Trinajstić information content (AvgIpc) is 3.34. The van der Waals surface area contributed by atoms with E-state index in [9.17, 15) is 0 Å². The van der Waals surface area contributed by atoms with Crippen molar-refractivity contribution in [2.75, 3.05) is 26.7 Å². The van der Waals surface area contributed by atoms with Crippen LogP contribution in [0.25, 0.3) is 0 Å². The summed E-state index contributed by atoms with van der Waals surface area (Å²) in [7, 11) is 3.65. The van der Waals surface area contributed by atoms with Crippen LogP contribution < -0.4 is 15.4 Å². The van der Waals surface area contributed by atoms with Gasteiger partial charge in [0.25, 0.3) is 0 Å². The van der Waals surface area contributed by atoms with Gasteiger partial charge in [-0.1, -0.05) is 19.1 Å². The molecular weight excluding hydrogens is 366 g/mol. The summed E-state index contributed by atoms with van der Waals surface area (Å²) in [4.78, 5) is 7.32. The Hall–Kier alpha value is -2.61. The topological polar surface area (TPSA) is 79.6 Å². The van der Waals surface area contributed by atoms with Crippen molar-refractivity contribution in [3.8, 4) is 5.75 Å². The molecule has 1 unspecified atom stereocenters. The molecule has 0 bridgehead atoms. The number of nitrogens with one attached hydrogen (secondary N) is 2. The molecule has 1 aromatic carbocycles. The monoisotopic (exact) mass is 399 g/mol. The van der Waals surface area contributed by atoms with Gasteiger partial charge in [-0.3, -0.25) is 4.90 Å². The van der Waals surface area contributed by atoms with Crippen molar-refractivity contribution in [1.29, 1.82) is 0 Å². The third-order valence-electron chi connectivity index (χ3n) is 5.59. The van der Waals surface area contributed by atoms with Crippen molar-refractivity contribution >= 4 is 5.96 Å². The van der Waals surface area contributed by atoms with Crippen molar-refractivity contribution in [2.45, 2.75) is 45.8 Å². The van der Waals surface area contributed by atoms with Crippen molar-refractivity contribution in [3.63, 3.8) is 0 Å². The first-order valence-electron chi connectivity index (χ1n) is 10.3. The number of nitrogens with zero attached hydrogens (tertiary/aromatic N) is 5. The minimum Gasteiger partial charge on any atom is -0.497 e. The number of hydrogen-bond acceptors (Lipinski definition) is 5. The van der Waals surface area contributed by atoms with Crippen LogP contribution >= 0.6 is 0 Å². The van der Waals surface area contributed by atoms with Crippen LogP contribution in [0, 0.1) is 6.92 Å². The molecule has 3 rings (SSSR count). The highest BCUT2D eigenvalue weighted by molar-refractivity contribution is 5.79. The summed E-state index contributed by atoms with van der Waals surface area (Å²) < 4.78 is 7.22. The summed E-state index contributed by atoms with van der Waals surface area (Å²) in [6.07, 6.45) is 2.50. The number of hydrogen-bond donors (Lipinski definition) is 2. The molecule has 8 nitrogen and oxygen atoms in total. The maximum Gasteiger partial charge on any atom is 0.192 e. The summed E-state index contributed by atoms with van der Waals surface area (Å²) in [5, 5.41) is 15.3. The molecule has 1 atom stereocenters. The van der Waals surface area contributed by atoms with Crippen molar-refractivity contribution in [3.05, 3.63) is 41.5 Å². The second-order valence-electron chi connectivity index (χ2n) is 7.39. The first-order chi connectivity index (χ1) is 14.1. The number of likely N-dealkylation sites (tertiary alicyclic amines) is 1. The maximum absolute atomic E-state index is 5.23. The lowest BCUT2D eigenvalue weighted by atomic mass is 10.2. The van der Waals surface area contributed by atoms with Crippen molar-refractivity contribution < 1.29 is 4.74 Å². The fourth-order valence-electron chi connectivity index (χ4n) is 3.60. The van der Waals surface area contributed by atoms with Gasteiger partial charge in [-0.05, 0) is 50.6 Å². The lowest BCUT2D eigenvalue weighted by Gasteiger charge is -2.24. The molecule has 0 saturated carbocycles. The highest BCUT2D eigenvalue weighted by Gasteiger charge is 2.22. The molecule has 2 N–H and O–H groups in total. The van der Waals surface area contributed by atoms with Gasteiger partial charge in [0.05, 0.1) is 20.2 Å². The Kier molecular flexibility index (Phi) is 7.46. The number of likely N-dealkylation sites (N-methyl/N-ethyl adjacent to an activating group) is 1. The second kappa shape index (κ2) is 10.2. The molecule has 1 aliphatic heterocycles. The van der Waals surface area contributed by atoms with E-state index in [0.717, 1.165) is 42.0 Å². The van der Waals surface area contributed by atoms with Gasteiger partial charge in [0, 0.05) is 19.6 Å². The van der Waals surface area contributed by atoms with E-state index in [0.29, 0.717) is 19.1 Å². The molecule has 0 aliphatic carbocycles. The molecule has 0 spiro atoms. The Morgan fingerprint density at radius 1 is 1.24 bits per heavy atom. The normalized spacial score (nSPS) is 17.5. The zero-order chi connectivity index (χ0) is 20.6. The molecule has 2 heterocycles. The van der Waals surface area contributed by atoms with Crippen LogP contribution in [0.5, 0.6) is 5.75 Å². The fraction of sp³-hybridized carbons (Fsp3) is 0.571. The number of rotatable bonds is 8. The van der Waals surface area contributed by atoms with Gasteiger partial charge in [-0.25, -0.2) is 4.99 Å². The Morgan fingerprint density at radius 2 is 2.03 bits per heavy atom. The Morgan fingerprint density at radius 3 is 2.69 bits per heavy atom. The summed E-state index contributed by atoms with van der Waals surface area (Å²) in [6.45, 7) is 8.52. The molecule has 0 radical (unpaired) electrons. The summed E-state index contributed by atoms with van der Waals surface area (Å²) in [6, 6.07) is 8.57. The van der Waals surface area contributed by atoms with E-state index in [1.807, 2.05) is 42.8 Å². The molecule has 158 valence electrons. The molecule has 1 saturated heterocycles. The molecule has 1 aliphatic rings. The predicted octanol–water partition coefficient (Wildman–Crippen LogP) is 1.85. The lowest BCUT2D eigenvalue weighted by molar-refractivity contribution is 0.267. The Balaban J connectivity index is 1.64. The Bertz CT molecular complexity index is 800. The van der Waals surface area contributed by atoms with Crippen LogP contribution in [0.15, 0.2) is 29.3 Å². The summed E-state index contributed by atoms with van der Waals surface area (Å²) in [5.41, 5.74) is 1.14. The van der Waals surface area contributed by atoms with Gasteiger partial charge in [-0.2, -0.15) is 0 Å². The van der Waals surface area contributed by atoms with Gasteiger partial charge < -0.3 is 19.9 Å². The third-order valence-corrected chi connectivity index (χ3v) is 5.59. The second-order valence-corrected chi connectivity index (χ2v) is 7.39. The summed E-state index contributed by atoms with van der Waals surface area (Å²) >= 11 is 0. The standard InChI is InChI=1S/C21H33N7O/c1-5-28-12-6-7-18(28)14-23-21(24-15-20-26-25-16(2)27(20)3)22-13-17-8-10-19(29-4)11-9-17/h8-11,18H,5-7,12-15H2,1-4H3,(H2,22,23,24). The SMILES string of the molecule is CCN1CCCC1CNC(=NCc1ccc(OC)cc1)NCc1nnc(C)n1C. The van der Waals surface area contributed by atoms with Gasteiger partial charge in [0.15, 0.2) is 11.8 Å². The molecular formula is C21H33N7O. The average molecular weight is 400 g/mol. The smallest absolute Gasteiger partial charge is 0.192 e. The number of benzene rings is 1. The first-order valence-corrected chi connectivity index (χ1v) is 10.3. The number of ether oxygens (including phenoxy) is 1. The van der Waals surface area contributed by atoms with Crippen LogP contribution in [-0.2, 0) is 20.1 Å². The summed E-state index contributed by atoms with van der Waals surface area (Å²) in [5.74, 6) is 3.44. The fourth-order valence-corrected chi connectivity index (χ4v) is 3.60. The molecule has 2 aromatic rings. The largest absolute Gasteiger partial charge is 0.497 e. The highest BCUT2D eigenvalue weighted by Crippen LogP contribution is 2.15. The minimum atomic E-state index is 0.560. The molecule has 1 aromatic heterocycles. The Labute approximate surface area is 173 Å². The molecule has 29 heavy (non-hydrogen) atoms. The lowest BCUT2D eigenvalue weighted by Crippen LogP contribution is -2.44.